The number of likely N-dealkylation sites (tertiary alicyclic amines) is 1. The number of hydrogen-bond donors (Lipinski definition) is 0. The van der Waals surface area contributed by atoms with Gasteiger partial charge in [0.2, 0.25) is 0 Å². The number of pyridine rings is 1. The highest BCUT2D eigenvalue weighted by atomic mass is 16.5. The molecular formula is C21H22N4O4. The summed E-state index contributed by atoms with van der Waals surface area (Å²) in [5.41, 5.74) is 0.577. The first-order valence-corrected chi connectivity index (χ1v) is 9.44. The summed E-state index contributed by atoms with van der Waals surface area (Å²) in [5.74, 6) is 0.557. The van der Waals surface area contributed by atoms with Crippen LogP contribution in [-0.4, -0.2) is 38.6 Å². The third-order valence-corrected chi connectivity index (χ3v) is 5.54. The lowest BCUT2D eigenvalue weighted by Gasteiger charge is -2.25. The van der Waals surface area contributed by atoms with Crippen LogP contribution < -0.4 is 16.0 Å². The van der Waals surface area contributed by atoms with Gasteiger partial charge in [0.05, 0.1) is 18.5 Å². The monoisotopic (exact) mass is 394 g/mol. The van der Waals surface area contributed by atoms with Crippen molar-refractivity contribution in [1.29, 1.82) is 0 Å². The summed E-state index contributed by atoms with van der Waals surface area (Å²) < 4.78 is 7.53. The lowest BCUT2D eigenvalue weighted by Crippen LogP contribution is -2.38. The molecule has 8 nitrogen and oxygen atoms in total. The average molecular weight is 394 g/mol. The van der Waals surface area contributed by atoms with Gasteiger partial charge in [0.1, 0.15) is 17.1 Å². The highest BCUT2D eigenvalue weighted by molar-refractivity contribution is 5.94. The number of nitrogens with zero attached hydrogens (tertiary/aromatic N) is 4. The molecule has 0 aliphatic carbocycles. The Morgan fingerprint density at radius 1 is 1.07 bits per heavy atom. The molecule has 0 spiro atoms. The Morgan fingerprint density at radius 2 is 1.79 bits per heavy atom. The van der Waals surface area contributed by atoms with E-state index >= 15 is 0 Å². The summed E-state index contributed by atoms with van der Waals surface area (Å²) >= 11 is 0. The number of fused-ring (bicyclic) bond motifs is 1. The molecule has 1 fully saturated rings. The first-order chi connectivity index (χ1) is 13.9. The normalized spacial score (nSPS) is 16.4. The summed E-state index contributed by atoms with van der Waals surface area (Å²) in [6.45, 7) is 0.630. The van der Waals surface area contributed by atoms with Gasteiger partial charge in [-0.25, -0.2) is 9.78 Å². The van der Waals surface area contributed by atoms with Crippen molar-refractivity contribution in [2.45, 2.75) is 18.9 Å². The lowest BCUT2D eigenvalue weighted by molar-refractivity contribution is 0.0730. The average Bonchev–Trinajstić information content (AvgIpc) is 3.25. The molecular weight excluding hydrogens is 372 g/mol. The van der Waals surface area contributed by atoms with E-state index in [-0.39, 0.29) is 23.3 Å². The zero-order valence-electron chi connectivity index (χ0n) is 16.6. The maximum atomic E-state index is 13.2. The molecule has 29 heavy (non-hydrogen) atoms. The zero-order valence-corrected chi connectivity index (χ0v) is 16.6. The molecule has 0 N–H and O–H groups in total. The van der Waals surface area contributed by atoms with Gasteiger partial charge < -0.3 is 9.64 Å². The van der Waals surface area contributed by atoms with Gasteiger partial charge in [-0.1, -0.05) is 12.1 Å². The molecule has 0 radical (unpaired) electrons. The number of aromatic nitrogens is 3. The Hall–Kier alpha value is -3.42. The van der Waals surface area contributed by atoms with Crippen molar-refractivity contribution in [3.63, 3.8) is 0 Å². The molecule has 1 amide bonds. The third kappa shape index (κ3) is 3.10. The molecule has 3 heterocycles. The number of ether oxygens (including phenoxy) is 1. The van der Waals surface area contributed by atoms with Crippen LogP contribution in [0.4, 0.5) is 0 Å². The second-order valence-corrected chi connectivity index (χ2v) is 7.20. The van der Waals surface area contributed by atoms with Crippen molar-refractivity contribution < 1.29 is 9.53 Å². The summed E-state index contributed by atoms with van der Waals surface area (Å²) in [5, 5.41) is 0.305. The van der Waals surface area contributed by atoms with E-state index in [0.717, 1.165) is 28.7 Å². The number of carbonyl (C=O) groups is 1. The summed E-state index contributed by atoms with van der Waals surface area (Å²) in [6, 6.07) is 10.8. The molecule has 3 aromatic rings. The molecule has 1 aliphatic heterocycles. The van der Waals surface area contributed by atoms with E-state index in [0.29, 0.717) is 11.9 Å². The van der Waals surface area contributed by atoms with Gasteiger partial charge in [-0.2, -0.15) is 0 Å². The Kier molecular flexibility index (Phi) is 4.70. The molecule has 0 bridgehead atoms. The molecule has 1 unspecified atom stereocenters. The van der Waals surface area contributed by atoms with E-state index in [1.54, 1.807) is 31.2 Å². The van der Waals surface area contributed by atoms with E-state index in [1.165, 1.54) is 11.6 Å². The van der Waals surface area contributed by atoms with Crippen molar-refractivity contribution in [2.24, 2.45) is 14.1 Å². The molecule has 8 heteroatoms. The molecule has 4 rings (SSSR count). The van der Waals surface area contributed by atoms with Crippen LogP contribution in [0.1, 0.15) is 34.9 Å². The van der Waals surface area contributed by atoms with Crippen LogP contribution >= 0.6 is 0 Å². The fourth-order valence-corrected chi connectivity index (χ4v) is 3.90. The zero-order chi connectivity index (χ0) is 20.7. The molecule has 0 saturated carbocycles. The Balaban J connectivity index is 1.72. The number of amides is 1. The minimum Gasteiger partial charge on any atom is -0.497 e. The van der Waals surface area contributed by atoms with Crippen LogP contribution in [-0.2, 0) is 14.1 Å². The summed E-state index contributed by atoms with van der Waals surface area (Å²) in [7, 11) is 4.58. The SMILES string of the molecule is COc1ccc(C2CCCN2C(=O)c2ccc3c(=O)n(C)c(=O)n(C)c3n2)cc1. The van der Waals surface area contributed by atoms with Gasteiger partial charge >= 0.3 is 5.69 Å². The lowest BCUT2D eigenvalue weighted by atomic mass is 10.0. The minimum atomic E-state index is -0.475. The maximum Gasteiger partial charge on any atom is 0.332 e. The molecule has 1 atom stereocenters. The van der Waals surface area contributed by atoms with Crippen molar-refractivity contribution in [3.05, 3.63) is 68.5 Å². The molecule has 1 aromatic carbocycles. The topological polar surface area (TPSA) is 86.4 Å². The number of carbonyl (C=O) groups excluding carboxylic acids is 1. The van der Waals surface area contributed by atoms with Crippen molar-refractivity contribution in [3.8, 4) is 5.75 Å². The quantitative estimate of drug-likeness (QED) is 0.674. The van der Waals surface area contributed by atoms with Gasteiger partial charge in [0, 0.05) is 20.6 Å². The first kappa shape index (κ1) is 18.9. The molecule has 2 aromatic heterocycles. The highest BCUT2D eigenvalue weighted by Crippen LogP contribution is 2.33. The fourth-order valence-electron chi connectivity index (χ4n) is 3.90. The van der Waals surface area contributed by atoms with E-state index in [1.807, 2.05) is 24.3 Å². The van der Waals surface area contributed by atoms with Crippen LogP contribution in [0, 0.1) is 0 Å². The Morgan fingerprint density at radius 3 is 2.48 bits per heavy atom. The standard InChI is InChI=1S/C21H22N4O4/c1-23-18-15(19(26)24(2)21(23)28)10-11-16(22-18)20(27)25-12-4-5-17(25)13-6-8-14(29-3)9-7-13/h6-11,17H,4-5,12H2,1-3H3. The molecule has 1 saturated heterocycles. The molecule has 1 aliphatic rings. The van der Waals surface area contributed by atoms with E-state index in [2.05, 4.69) is 4.98 Å². The van der Waals surface area contributed by atoms with Crippen molar-refractivity contribution >= 4 is 16.9 Å². The minimum absolute atomic E-state index is 0.0432. The van der Waals surface area contributed by atoms with E-state index in [9.17, 15) is 14.4 Å². The van der Waals surface area contributed by atoms with Crippen molar-refractivity contribution in [1.82, 2.24) is 19.0 Å². The van der Waals surface area contributed by atoms with Gasteiger partial charge in [-0.05, 0) is 42.7 Å². The predicted octanol–water partition coefficient (Wildman–Crippen LogP) is 1.62. The Bertz CT molecular complexity index is 1210. The predicted molar refractivity (Wildman–Crippen MR) is 108 cm³/mol. The van der Waals surface area contributed by atoms with Crippen LogP contribution in [0.5, 0.6) is 5.75 Å². The molecule has 150 valence electrons. The largest absolute Gasteiger partial charge is 0.497 e. The van der Waals surface area contributed by atoms with Crippen LogP contribution in [0.2, 0.25) is 0 Å². The summed E-state index contributed by atoms with van der Waals surface area (Å²) in [4.78, 5) is 43.9. The van der Waals surface area contributed by atoms with Crippen molar-refractivity contribution in [2.75, 3.05) is 13.7 Å². The maximum absolute atomic E-state index is 13.2. The number of aryl methyl sites for hydroxylation is 1. The smallest absolute Gasteiger partial charge is 0.332 e. The first-order valence-electron chi connectivity index (χ1n) is 9.44. The van der Waals surface area contributed by atoms with Gasteiger partial charge in [0.25, 0.3) is 11.5 Å². The second-order valence-electron chi connectivity index (χ2n) is 7.20. The van der Waals surface area contributed by atoms with E-state index < -0.39 is 11.2 Å². The van der Waals surface area contributed by atoms with Crippen LogP contribution in [0.3, 0.4) is 0 Å². The third-order valence-electron chi connectivity index (χ3n) is 5.54. The fraction of sp³-hybridized carbons (Fsp3) is 0.333. The van der Waals surface area contributed by atoms with Gasteiger partial charge in [-0.15, -0.1) is 0 Å². The van der Waals surface area contributed by atoms with Gasteiger partial charge in [-0.3, -0.25) is 18.7 Å². The number of methoxy groups -OCH3 is 1. The Labute approximate surface area is 167 Å². The number of rotatable bonds is 3. The van der Waals surface area contributed by atoms with Gasteiger partial charge in [0.15, 0.2) is 0 Å². The second kappa shape index (κ2) is 7.20. The summed E-state index contributed by atoms with van der Waals surface area (Å²) in [6.07, 6.45) is 1.76. The van der Waals surface area contributed by atoms with Crippen LogP contribution in [0.25, 0.3) is 11.0 Å². The highest BCUT2D eigenvalue weighted by Gasteiger charge is 2.31. The number of benzene rings is 1. The van der Waals surface area contributed by atoms with E-state index in [4.69, 9.17) is 4.74 Å². The number of hydrogen-bond acceptors (Lipinski definition) is 5. The van der Waals surface area contributed by atoms with Crippen LogP contribution in [0.15, 0.2) is 46.0 Å².